The summed E-state index contributed by atoms with van der Waals surface area (Å²) in [7, 11) is 0. The van der Waals surface area contributed by atoms with Gasteiger partial charge in [0.1, 0.15) is 5.60 Å². The first-order valence-corrected chi connectivity index (χ1v) is 11.2. The van der Waals surface area contributed by atoms with E-state index in [0.29, 0.717) is 35.2 Å². The Balaban J connectivity index is 1.62. The lowest BCUT2D eigenvalue weighted by Crippen LogP contribution is -2.52. The van der Waals surface area contributed by atoms with Crippen molar-refractivity contribution in [1.29, 1.82) is 5.26 Å². The molecule has 0 radical (unpaired) electrons. The maximum Gasteiger partial charge on any atom is 0.161 e. The van der Waals surface area contributed by atoms with Gasteiger partial charge >= 0.3 is 0 Å². The monoisotopic (exact) mass is 485 g/mol. The Morgan fingerprint density at radius 3 is 2.48 bits per heavy atom. The molecule has 6 nitrogen and oxygen atoms in total. The van der Waals surface area contributed by atoms with Gasteiger partial charge < -0.3 is 10.0 Å². The number of aromatic nitrogens is 2. The number of anilines is 1. The second-order valence-electron chi connectivity index (χ2n) is 8.27. The number of hydrogen-bond donors (Lipinski definition) is 1. The second-order valence-corrected chi connectivity index (χ2v) is 9.12. The molecule has 0 unspecified atom stereocenters. The van der Waals surface area contributed by atoms with Gasteiger partial charge in [0, 0.05) is 31.2 Å². The van der Waals surface area contributed by atoms with E-state index in [-0.39, 0.29) is 18.4 Å². The van der Waals surface area contributed by atoms with Crippen LogP contribution in [0.5, 0.6) is 0 Å². The Bertz CT molecular complexity index is 1160. The van der Waals surface area contributed by atoms with Gasteiger partial charge in [0.05, 0.1) is 40.8 Å². The summed E-state index contributed by atoms with van der Waals surface area (Å²) in [5.41, 5.74) is 1.03. The highest BCUT2D eigenvalue weighted by atomic mass is 35.5. The smallest absolute Gasteiger partial charge is 0.161 e. The number of nitriles is 1. The Kier molecular flexibility index (Phi) is 6.82. The summed E-state index contributed by atoms with van der Waals surface area (Å²) in [6, 6.07) is 15.0. The number of nitrogens with zero attached hydrogens (tertiary/aromatic N) is 5. The zero-order chi connectivity index (χ0) is 23.6. The molecule has 170 valence electrons. The summed E-state index contributed by atoms with van der Waals surface area (Å²) >= 11 is 12.6. The second kappa shape index (κ2) is 9.62. The summed E-state index contributed by atoms with van der Waals surface area (Å²) in [4.78, 5) is 12.2. The third kappa shape index (κ3) is 5.26. The van der Waals surface area contributed by atoms with Gasteiger partial charge in [0.15, 0.2) is 11.6 Å². The lowest BCUT2D eigenvalue weighted by molar-refractivity contribution is 0.00281. The minimum atomic E-state index is -1.35. The van der Waals surface area contributed by atoms with Crippen LogP contribution >= 0.6 is 23.2 Å². The fourth-order valence-electron chi connectivity index (χ4n) is 4.15. The van der Waals surface area contributed by atoms with Crippen LogP contribution in [-0.4, -0.2) is 46.2 Å². The number of rotatable bonds is 5. The average Bonchev–Trinajstić information content (AvgIpc) is 2.80. The number of β-amino-alcohol motifs (C(OH)–C–C–N with tert-alkyl or cyclic N) is 1. The van der Waals surface area contributed by atoms with E-state index < -0.39 is 11.4 Å². The maximum atomic E-state index is 13.2. The maximum absolute atomic E-state index is 13.2. The average molecular weight is 486 g/mol. The predicted molar refractivity (Wildman–Crippen MR) is 126 cm³/mol. The topological polar surface area (TPSA) is 76.3 Å². The normalized spacial score (nSPS) is 18.5. The van der Waals surface area contributed by atoms with Crippen molar-refractivity contribution in [2.24, 2.45) is 0 Å². The minimum absolute atomic E-state index is 0.0774. The molecule has 0 saturated carbocycles. The molecule has 0 aliphatic carbocycles. The van der Waals surface area contributed by atoms with Crippen LogP contribution < -0.4 is 4.90 Å². The van der Waals surface area contributed by atoms with Gasteiger partial charge in [-0.05, 0) is 42.8 Å². The van der Waals surface area contributed by atoms with E-state index >= 15 is 0 Å². The van der Waals surface area contributed by atoms with E-state index in [1.807, 2.05) is 30.3 Å². The molecular weight excluding hydrogens is 464 g/mol. The largest absolute Gasteiger partial charge is 0.381 e. The Labute approximate surface area is 201 Å². The van der Waals surface area contributed by atoms with Gasteiger partial charge in [-0.25, -0.2) is 14.4 Å². The van der Waals surface area contributed by atoms with Crippen LogP contribution in [0, 0.1) is 17.1 Å². The quantitative estimate of drug-likeness (QED) is 0.570. The molecule has 2 heterocycles. The predicted octanol–water partition coefficient (Wildman–Crippen LogP) is 4.57. The molecule has 9 heteroatoms. The van der Waals surface area contributed by atoms with E-state index in [0.717, 1.165) is 23.6 Å². The summed E-state index contributed by atoms with van der Waals surface area (Å²) in [5.74, 6) is -0.380. The molecule has 1 saturated heterocycles. The molecule has 1 fully saturated rings. The molecule has 1 aliphatic rings. The van der Waals surface area contributed by atoms with Crippen molar-refractivity contribution in [2.45, 2.75) is 18.6 Å². The minimum Gasteiger partial charge on any atom is -0.381 e. The number of halogens is 3. The van der Waals surface area contributed by atoms with E-state index in [1.165, 1.54) is 0 Å². The van der Waals surface area contributed by atoms with Gasteiger partial charge in [0.25, 0.3) is 0 Å². The molecule has 1 N–H and O–H groups in total. The summed E-state index contributed by atoms with van der Waals surface area (Å²) in [6.45, 7) is 3.78. The first kappa shape index (κ1) is 23.4. The summed E-state index contributed by atoms with van der Waals surface area (Å²) in [5, 5.41) is 21.4. The third-order valence-corrected chi connectivity index (χ3v) is 6.29. The molecule has 3 aromatic rings. The number of aliphatic hydroxyl groups is 1. The molecule has 33 heavy (non-hydrogen) atoms. The number of piperazine rings is 1. The zero-order valence-electron chi connectivity index (χ0n) is 17.9. The van der Waals surface area contributed by atoms with Crippen LogP contribution in [0.15, 0.2) is 54.9 Å². The molecule has 2 atom stereocenters. The molecule has 1 aromatic heterocycles. The Hall–Kier alpha value is -2.76. The highest BCUT2D eigenvalue weighted by molar-refractivity contribution is 6.33. The van der Waals surface area contributed by atoms with Gasteiger partial charge in [-0.2, -0.15) is 5.26 Å². The van der Waals surface area contributed by atoms with Crippen molar-refractivity contribution < 1.29 is 9.50 Å². The molecule has 0 spiro atoms. The summed E-state index contributed by atoms with van der Waals surface area (Å²) < 4.78 is 13.2. The number of hydrogen-bond acceptors (Lipinski definition) is 6. The first-order valence-electron chi connectivity index (χ1n) is 10.4. The highest BCUT2D eigenvalue weighted by Gasteiger charge is 2.35. The number of benzene rings is 2. The zero-order valence-corrected chi connectivity index (χ0v) is 19.4. The SMILES string of the molecule is C[C@@](O)(CN1CCN(c2ccc(C#N)cc2Cl)[C@H](c2ccc(Cl)cc2)C1)c1ncc(F)cn1. The third-order valence-electron chi connectivity index (χ3n) is 5.74. The van der Waals surface area contributed by atoms with E-state index in [4.69, 9.17) is 23.2 Å². The standard InChI is InChI=1S/C24H22Cl2FN5O/c1-24(33,23-29-12-19(27)13-30-23)15-31-8-9-32(21-7-2-16(11-28)10-20(21)26)22(14-31)17-3-5-18(25)6-4-17/h2-7,10,12-13,22,33H,8-9,14-15H2,1H3/t22-,24+/m0/s1. The van der Waals surface area contributed by atoms with Crippen LogP contribution in [0.1, 0.15) is 29.9 Å². The molecular formula is C24H22Cl2FN5O. The van der Waals surface area contributed by atoms with Crippen molar-refractivity contribution in [3.05, 3.63) is 87.7 Å². The van der Waals surface area contributed by atoms with Crippen molar-refractivity contribution in [3.8, 4) is 6.07 Å². The fourth-order valence-corrected chi connectivity index (χ4v) is 4.56. The molecule has 2 aromatic carbocycles. The molecule has 1 aliphatic heterocycles. The van der Waals surface area contributed by atoms with Crippen LogP contribution in [0.3, 0.4) is 0 Å². The van der Waals surface area contributed by atoms with E-state index in [1.54, 1.807) is 19.1 Å². The van der Waals surface area contributed by atoms with E-state index in [2.05, 4.69) is 25.8 Å². The van der Waals surface area contributed by atoms with Crippen LogP contribution in [0.2, 0.25) is 10.0 Å². The van der Waals surface area contributed by atoms with Gasteiger partial charge in [-0.15, -0.1) is 0 Å². The van der Waals surface area contributed by atoms with Crippen LogP contribution in [0.4, 0.5) is 10.1 Å². The highest BCUT2D eigenvalue weighted by Crippen LogP contribution is 2.36. The van der Waals surface area contributed by atoms with Crippen LogP contribution in [-0.2, 0) is 5.60 Å². The van der Waals surface area contributed by atoms with Crippen molar-refractivity contribution in [2.75, 3.05) is 31.1 Å². The van der Waals surface area contributed by atoms with Crippen molar-refractivity contribution >= 4 is 28.9 Å². The lowest BCUT2D eigenvalue weighted by Gasteiger charge is -2.45. The fraction of sp³-hybridized carbons (Fsp3) is 0.292. The molecule has 0 bridgehead atoms. The van der Waals surface area contributed by atoms with Gasteiger partial charge in [-0.3, -0.25) is 4.90 Å². The van der Waals surface area contributed by atoms with Crippen LogP contribution in [0.25, 0.3) is 0 Å². The molecule has 0 amide bonds. The van der Waals surface area contributed by atoms with E-state index in [9.17, 15) is 14.8 Å². The van der Waals surface area contributed by atoms with Crippen molar-refractivity contribution in [3.63, 3.8) is 0 Å². The lowest BCUT2D eigenvalue weighted by atomic mass is 9.98. The molecule has 4 rings (SSSR count). The van der Waals surface area contributed by atoms with Gasteiger partial charge in [0.2, 0.25) is 0 Å². The summed E-state index contributed by atoms with van der Waals surface area (Å²) in [6.07, 6.45) is 2.11. The van der Waals surface area contributed by atoms with Crippen molar-refractivity contribution in [1.82, 2.24) is 14.9 Å². The van der Waals surface area contributed by atoms with Gasteiger partial charge in [-0.1, -0.05) is 35.3 Å². The Morgan fingerprint density at radius 1 is 1.15 bits per heavy atom. The first-order chi connectivity index (χ1) is 15.8. The Morgan fingerprint density at radius 2 is 1.85 bits per heavy atom.